The molecule has 1 aromatic heterocycles. The fourth-order valence-electron chi connectivity index (χ4n) is 2.93. The third kappa shape index (κ3) is 5.33. The molecule has 0 saturated carbocycles. The topological polar surface area (TPSA) is 76.4 Å². The summed E-state index contributed by atoms with van der Waals surface area (Å²) in [6.07, 6.45) is 2.20. The number of guanidine groups is 1. The van der Waals surface area contributed by atoms with Crippen molar-refractivity contribution in [2.24, 2.45) is 4.99 Å². The van der Waals surface area contributed by atoms with E-state index in [2.05, 4.69) is 43.4 Å². The van der Waals surface area contributed by atoms with Crippen molar-refractivity contribution in [3.63, 3.8) is 0 Å². The van der Waals surface area contributed by atoms with E-state index in [0.29, 0.717) is 13.1 Å². The van der Waals surface area contributed by atoms with E-state index < -0.39 is 0 Å². The fourth-order valence-corrected chi connectivity index (χ4v) is 2.93. The van der Waals surface area contributed by atoms with E-state index in [0.717, 1.165) is 42.7 Å². The lowest BCUT2D eigenvalue weighted by Crippen LogP contribution is -2.41. The minimum absolute atomic E-state index is 0. The summed E-state index contributed by atoms with van der Waals surface area (Å²) >= 11 is 0. The lowest BCUT2D eigenvalue weighted by Gasteiger charge is -2.18. The summed E-state index contributed by atoms with van der Waals surface area (Å²) in [4.78, 5) is 4.26. The smallest absolute Gasteiger partial charge is 0.191 e. The summed E-state index contributed by atoms with van der Waals surface area (Å²) in [6, 6.07) is 8.07. The van der Waals surface area contributed by atoms with Gasteiger partial charge in [-0.25, -0.2) is 0 Å². The Labute approximate surface area is 171 Å². The van der Waals surface area contributed by atoms with Crippen LogP contribution in [-0.4, -0.2) is 40.4 Å². The largest absolute Gasteiger partial charge is 0.489 e. The zero-order valence-corrected chi connectivity index (χ0v) is 17.9. The number of fused-ring (bicyclic) bond motifs is 1. The number of nitrogens with zero attached hydrogens (tertiary/aromatic N) is 4. The van der Waals surface area contributed by atoms with Crippen LogP contribution in [0.4, 0.5) is 0 Å². The highest BCUT2D eigenvalue weighted by molar-refractivity contribution is 14.0. The summed E-state index contributed by atoms with van der Waals surface area (Å²) in [5.74, 6) is 3.66. The number of ether oxygens (including phenoxy) is 1. The van der Waals surface area contributed by atoms with E-state index in [1.54, 1.807) is 7.05 Å². The lowest BCUT2D eigenvalue weighted by molar-refractivity contribution is 0.223. The van der Waals surface area contributed by atoms with Gasteiger partial charge in [0.1, 0.15) is 17.7 Å². The van der Waals surface area contributed by atoms with Gasteiger partial charge in [-0.1, -0.05) is 12.1 Å². The monoisotopic (exact) mass is 470 g/mol. The number of aromatic nitrogens is 3. The molecule has 1 aliphatic heterocycles. The molecule has 0 saturated heterocycles. The summed E-state index contributed by atoms with van der Waals surface area (Å²) in [5, 5.41) is 15.0. The predicted molar refractivity (Wildman–Crippen MR) is 113 cm³/mol. The summed E-state index contributed by atoms with van der Waals surface area (Å²) < 4.78 is 8.11. The highest BCUT2D eigenvalue weighted by atomic mass is 127. The molecular formula is C18H27IN6O. The van der Waals surface area contributed by atoms with Crippen molar-refractivity contribution in [1.82, 2.24) is 25.4 Å². The molecule has 2 N–H and O–H groups in total. The number of rotatable bonds is 6. The molecule has 0 aliphatic carbocycles. The van der Waals surface area contributed by atoms with E-state index >= 15 is 0 Å². The van der Waals surface area contributed by atoms with Crippen molar-refractivity contribution in [2.75, 3.05) is 13.6 Å². The van der Waals surface area contributed by atoms with Gasteiger partial charge in [0.15, 0.2) is 11.8 Å². The van der Waals surface area contributed by atoms with Crippen LogP contribution in [0.2, 0.25) is 0 Å². The number of aliphatic imine (C=N–C) groups is 1. The molecule has 7 nitrogen and oxygen atoms in total. The van der Waals surface area contributed by atoms with E-state index in [9.17, 15) is 0 Å². The standard InChI is InChI=1S/C18H26N6O.HI/c1-13-6-4-7-15(10-13)25-14(2)11-20-18(19-3)21-12-17-23-22-16-8-5-9-24(16)17;/h4,6-7,10,14H,5,8-9,11-12H2,1-3H3,(H2,19,20,21);1H. The molecule has 26 heavy (non-hydrogen) atoms. The maximum absolute atomic E-state index is 5.93. The van der Waals surface area contributed by atoms with E-state index in [4.69, 9.17) is 4.74 Å². The average Bonchev–Trinajstić information content (AvgIpc) is 3.19. The molecule has 0 spiro atoms. The molecule has 1 aliphatic rings. The van der Waals surface area contributed by atoms with Gasteiger partial charge in [-0.3, -0.25) is 4.99 Å². The van der Waals surface area contributed by atoms with Crippen LogP contribution < -0.4 is 15.4 Å². The average molecular weight is 470 g/mol. The number of aryl methyl sites for hydroxylation is 2. The molecule has 0 radical (unpaired) electrons. The first kappa shape index (κ1) is 20.5. The second-order valence-corrected chi connectivity index (χ2v) is 6.34. The molecule has 2 heterocycles. The molecule has 2 aromatic rings. The molecule has 3 rings (SSSR count). The molecule has 0 amide bonds. The van der Waals surface area contributed by atoms with Crippen LogP contribution in [0.5, 0.6) is 5.75 Å². The summed E-state index contributed by atoms with van der Waals surface area (Å²) in [5.41, 5.74) is 1.19. The van der Waals surface area contributed by atoms with Crippen LogP contribution in [0.3, 0.4) is 0 Å². The lowest BCUT2D eigenvalue weighted by atomic mass is 10.2. The number of hydrogen-bond acceptors (Lipinski definition) is 4. The third-order valence-electron chi connectivity index (χ3n) is 4.21. The van der Waals surface area contributed by atoms with Crippen molar-refractivity contribution in [2.45, 2.75) is 45.9 Å². The Morgan fingerprint density at radius 3 is 2.96 bits per heavy atom. The van der Waals surface area contributed by atoms with Crippen LogP contribution in [-0.2, 0) is 19.5 Å². The number of benzene rings is 1. The predicted octanol–water partition coefficient (Wildman–Crippen LogP) is 2.28. The number of halogens is 1. The van der Waals surface area contributed by atoms with Crippen LogP contribution >= 0.6 is 24.0 Å². The Morgan fingerprint density at radius 2 is 2.19 bits per heavy atom. The third-order valence-corrected chi connectivity index (χ3v) is 4.21. The zero-order valence-electron chi connectivity index (χ0n) is 15.5. The number of hydrogen-bond donors (Lipinski definition) is 2. The van der Waals surface area contributed by atoms with E-state index in [1.165, 1.54) is 5.56 Å². The molecule has 142 valence electrons. The molecule has 8 heteroatoms. The van der Waals surface area contributed by atoms with Crippen LogP contribution in [0, 0.1) is 6.92 Å². The minimum atomic E-state index is 0. The van der Waals surface area contributed by atoms with Gasteiger partial charge in [0.2, 0.25) is 0 Å². The SMILES string of the molecule is CN=C(NCc1nnc2n1CCC2)NCC(C)Oc1cccc(C)c1.I. The Kier molecular flexibility index (Phi) is 7.67. The summed E-state index contributed by atoms with van der Waals surface area (Å²) in [6.45, 7) is 6.37. The van der Waals surface area contributed by atoms with E-state index in [1.807, 2.05) is 25.1 Å². The van der Waals surface area contributed by atoms with Crippen LogP contribution in [0.15, 0.2) is 29.3 Å². The maximum Gasteiger partial charge on any atom is 0.191 e. The van der Waals surface area contributed by atoms with Gasteiger partial charge in [0, 0.05) is 20.0 Å². The number of nitrogens with one attached hydrogen (secondary N) is 2. The van der Waals surface area contributed by atoms with Crippen LogP contribution in [0.25, 0.3) is 0 Å². The highest BCUT2D eigenvalue weighted by Crippen LogP contribution is 2.14. The minimum Gasteiger partial charge on any atom is -0.489 e. The zero-order chi connectivity index (χ0) is 17.6. The van der Waals surface area contributed by atoms with Crippen molar-refractivity contribution in [3.05, 3.63) is 41.5 Å². The van der Waals surface area contributed by atoms with Gasteiger partial charge < -0.3 is 19.9 Å². The van der Waals surface area contributed by atoms with Gasteiger partial charge in [-0.2, -0.15) is 0 Å². The van der Waals surface area contributed by atoms with Gasteiger partial charge in [0.25, 0.3) is 0 Å². The molecule has 1 aromatic carbocycles. The summed E-state index contributed by atoms with van der Waals surface area (Å²) in [7, 11) is 1.76. The first-order chi connectivity index (χ1) is 12.2. The van der Waals surface area contributed by atoms with Gasteiger partial charge in [-0.15, -0.1) is 34.2 Å². The van der Waals surface area contributed by atoms with Gasteiger partial charge >= 0.3 is 0 Å². The van der Waals surface area contributed by atoms with Crippen molar-refractivity contribution in [3.8, 4) is 5.75 Å². The van der Waals surface area contributed by atoms with Gasteiger partial charge in [-0.05, 0) is 38.0 Å². The fraction of sp³-hybridized carbons (Fsp3) is 0.500. The first-order valence-electron chi connectivity index (χ1n) is 8.74. The Morgan fingerprint density at radius 1 is 1.35 bits per heavy atom. The normalized spacial score (nSPS) is 14.3. The molecule has 0 fully saturated rings. The highest BCUT2D eigenvalue weighted by Gasteiger charge is 2.17. The first-order valence-corrected chi connectivity index (χ1v) is 8.74. The molecule has 1 unspecified atom stereocenters. The Bertz CT molecular complexity index is 745. The van der Waals surface area contributed by atoms with Crippen LogP contribution in [0.1, 0.15) is 30.6 Å². The second-order valence-electron chi connectivity index (χ2n) is 6.34. The molecule has 1 atom stereocenters. The van der Waals surface area contributed by atoms with Gasteiger partial charge in [0.05, 0.1) is 13.1 Å². The molecule has 0 bridgehead atoms. The van der Waals surface area contributed by atoms with Crippen molar-refractivity contribution >= 4 is 29.9 Å². The molecular weight excluding hydrogens is 443 g/mol. The van der Waals surface area contributed by atoms with Crippen molar-refractivity contribution < 1.29 is 4.74 Å². The second kappa shape index (κ2) is 9.75. The maximum atomic E-state index is 5.93. The van der Waals surface area contributed by atoms with Crippen molar-refractivity contribution in [1.29, 1.82) is 0 Å². The van der Waals surface area contributed by atoms with E-state index in [-0.39, 0.29) is 30.1 Å². The quantitative estimate of drug-likeness (QED) is 0.385. The Balaban J connectivity index is 0.00000243. The Hall–Kier alpha value is -1.84.